The average Bonchev–Trinajstić information content (AvgIpc) is 2.69. The molecule has 1 aromatic heterocycles. The molecular formula is C7H8N6O2S. The summed E-state index contributed by atoms with van der Waals surface area (Å²) in [5.41, 5.74) is 1.09. The zero-order valence-electron chi connectivity index (χ0n) is 7.98. The summed E-state index contributed by atoms with van der Waals surface area (Å²) in [6.07, 6.45) is 1.43. The van der Waals surface area contributed by atoms with Crippen molar-refractivity contribution in [2.24, 2.45) is 5.14 Å². The van der Waals surface area contributed by atoms with Gasteiger partial charge in [0.1, 0.15) is 6.33 Å². The minimum absolute atomic E-state index is 0.374. The molecule has 3 N–H and O–H groups in total. The number of aromatic nitrogens is 4. The first-order valence-electron chi connectivity index (χ1n) is 4.18. The highest BCUT2D eigenvalue weighted by Gasteiger charge is 2.02. The maximum absolute atomic E-state index is 10.7. The maximum atomic E-state index is 10.7. The average molecular weight is 240 g/mol. The highest BCUT2D eigenvalue weighted by atomic mass is 32.2. The van der Waals surface area contributed by atoms with Crippen molar-refractivity contribution in [3.05, 3.63) is 30.6 Å². The predicted molar refractivity (Wildman–Crippen MR) is 55.9 cm³/mol. The number of nitrogens with zero attached hydrogens (tertiary/aromatic N) is 4. The van der Waals surface area contributed by atoms with Crippen molar-refractivity contribution in [3.63, 3.8) is 0 Å². The second-order valence-electron chi connectivity index (χ2n) is 2.95. The zero-order chi connectivity index (χ0) is 11.6. The quantitative estimate of drug-likeness (QED) is 0.734. The number of rotatable bonds is 3. The fourth-order valence-corrected chi connectivity index (χ4v) is 1.59. The lowest BCUT2D eigenvalue weighted by Gasteiger charge is -2.04. The molecular weight excluding hydrogens is 232 g/mol. The lowest BCUT2D eigenvalue weighted by Crippen LogP contribution is -2.21. The second-order valence-corrected chi connectivity index (χ2v) is 4.24. The summed E-state index contributed by atoms with van der Waals surface area (Å²) >= 11 is 0. The summed E-state index contributed by atoms with van der Waals surface area (Å²) in [5, 5.41) is 15.5. The van der Waals surface area contributed by atoms with E-state index in [2.05, 4.69) is 20.2 Å². The van der Waals surface area contributed by atoms with E-state index in [9.17, 15) is 8.42 Å². The first kappa shape index (κ1) is 10.5. The van der Waals surface area contributed by atoms with Gasteiger partial charge in [0.15, 0.2) is 0 Å². The minimum atomic E-state index is -3.74. The van der Waals surface area contributed by atoms with E-state index in [0.29, 0.717) is 11.4 Å². The van der Waals surface area contributed by atoms with Gasteiger partial charge in [-0.25, -0.2) is 9.82 Å². The van der Waals surface area contributed by atoms with E-state index in [0.717, 1.165) is 0 Å². The summed E-state index contributed by atoms with van der Waals surface area (Å²) in [7, 11) is -3.74. The van der Waals surface area contributed by atoms with Crippen LogP contribution in [0.2, 0.25) is 0 Å². The normalized spacial score (nSPS) is 11.3. The molecule has 1 heterocycles. The van der Waals surface area contributed by atoms with Crippen LogP contribution >= 0.6 is 0 Å². The van der Waals surface area contributed by atoms with Crippen molar-refractivity contribution in [1.29, 1.82) is 0 Å². The van der Waals surface area contributed by atoms with Crippen LogP contribution in [-0.4, -0.2) is 28.6 Å². The van der Waals surface area contributed by atoms with E-state index >= 15 is 0 Å². The molecule has 2 aromatic rings. The molecule has 8 nitrogen and oxygen atoms in total. The van der Waals surface area contributed by atoms with E-state index in [1.165, 1.54) is 11.0 Å². The van der Waals surface area contributed by atoms with Gasteiger partial charge in [0.25, 0.3) is 10.2 Å². The molecule has 0 aliphatic heterocycles. The van der Waals surface area contributed by atoms with Crippen molar-refractivity contribution in [2.45, 2.75) is 0 Å². The summed E-state index contributed by atoms with van der Waals surface area (Å²) in [5.74, 6) is 0. The molecule has 0 spiro atoms. The summed E-state index contributed by atoms with van der Waals surface area (Å²) in [4.78, 5) is 0. The Morgan fingerprint density at radius 1 is 1.25 bits per heavy atom. The molecule has 0 saturated carbocycles. The van der Waals surface area contributed by atoms with Crippen molar-refractivity contribution < 1.29 is 8.42 Å². The Morgan fingerprint density at radius 2 is 1.94 bits per heavy atom. The number of hydrogen-bond acceptors (Lipinski definition) is 5. The molecule has 0 atom stereocenters. The summed E-state index contributed by atoms with van der Waals surface area (Å²) < 4.78 is 25.1. The first-order valence-corrected chi connectivity index (χ1v) is 5.73. The van der Waals surface area contributed by atoms with E-state index < -0.39 is 10.2 Å². The molecule has 0 radical (unpaired) electrons. The SMILES string of the molecule is NS(=O)(=O)Nc1ccc(-n2cnnn2)cc1. The molecule has 0 unspecified atom stereocenters. The minimum Gasteiger partial charge on any atom is -0.271 e. The van der Waals surface area contributed by atoms with Gasteiger partial charge < -0.3 is 0 Å². The molecule has 84 valence electrons. The van der Waals surface area contributed by atoms with Crippen molar-refractivity contribution >= 4 is 15.9 Å². The van der Waals surface area contributed by atoms with Crippen LogP contribution in [0.15, 0.2) is 30.6 Å². The summed E-state index contributed by atoms with van der Waals surface area (Å²) in [6, 6.07) is 6.43. The number of nitrogens with two attached hydrogens (primary N) is 1. The standard InChI is InChI=1S/C7H8N6O2S/c8-16(14,15)10-6-1-3-7(4-2-6)13-5-9-11-12-13/h1-5,10H,(H2,8,14,15). The van der Waals surface area contributed by atoms with Gasteiger partial charge in [-0.05, 0) is 34.7 Å². The van der Waals surface area contributed by atoms with Crippen molar-refractivity contribution in [2.75, 3.05) is 4.72 Å². The van der Waals surface area contributed by atoms with Crippen LogP contribution in [0, 0.1) is 0 Å². The van der Waals surface area contributed by atoms with Crippen LogP contribution in [0.5, 0.6) is 0 Å². The van der Waals surface area contributed by atoms with Crippen LogP contribution in [0.1, 0.15) is 0 Å². The molecule has 0 amide bonds. The molecule has 0 fully saturated rings. The van der Waals surface area contributed by atoms with Gasteiger partial charge in [-0.2, -0.15) is 8.42 Å². The maximum Gasteiger partial charge on any atom is 0.296 e. The Kier molecular flexibility index (Phi) is 2.54. The zero-order valence-corrected chi connectivity index (χ0v) is 8.79. The monoisotopic (exact) mass is 240 g/mol. The van der Waals surface area contributed by atoms with E-state index in [-0.39, 0.29) is 0 Å². The molecule has 16 heavy (non-hydrogen) atoms. The van der Waals surface area contributed by atoms with Crippen LogP contribution < -0.4 is 9.86 Å². The van der Waals surface area contributed by atoms with Gasteiger partial charge >= 0.3 is 0 Å². The van der Waals surface area contributed by atoms with Crippen LogP contribution in [0.25, 0.3) is 5.69 Å². The molecule has 0 aliphatic rings. The molecule has 2 rings (SSSR count). The fraction of sp³-hybridized carbons (Fsp3) is 0. The highest BCUT2D eigenvalue weighted by molar-refractivity contribution is 7.90. The number of nitrogens with one attached hydrogen (secondary N) is 1. The van der Waals surface area contributed by atoms with Crippen LogP contribution in [0.3, 0.4) is 0 Å². The smallest absolute Gasteiger partial charge is 0.271 e. The summed E-state index contributed by atoms with van der Waals surface area (Å²) in [6.45, 7) is 0. The van der Waals surface area contributed by atoms with E-state index in [4.69, 9.17) is 5.14 Å². The van der Waals surface area contributed by atoms with Gasteiger partial charge in [0.05, 0.1) is 5.69 Å². The van der Waals surface area contributed by atoms with Gasteiger partial charge in [0, 0.05) is 5.69 Å². The van der Waals surface area contributed by atoms with E-state index in [1.807, 2.05) is 0 Å². The molecule has 0 aliphatic carbocycles. The fourth-order valence-electron chi connectivity index (χ4n) is 1.13. The van der Waals surface area contributed by atoms with Crippen LogP contribution in [-0.2, 0) is 10.2 Å². The highest BCUT2D eigenvalue weighted by Crippen LogP contribution is 2.12. The largest absolute Gasteiger partial charge is 0.296 e. The van der Waals surface area contributed by atoms with Gasteiger partial charge in [-0.15, -0.1) is 5.10 Å². The lowest BCUT2D eigenvalue weighted by atomic mass is 10.3. The third kappa shape index (κ3) is 2.52. The van der Waals surface area contributed by atoms with Crippen LogP contribution in [0.4, 0.5) is 5.69 Å². The Balaban J connectivity index is 2.24. The van der Waals surface area contributed by atoms with Gasteiger partial charge in [0.2, 0.25) is 0 Å². The topological polar surface area (TPSA) is 116 Å². The predicted octanol–water partition coefficient (Wildman–Crippen LogP) is -0.722. The van der Waals surface area contributed by atoms with E-state index in [1.54, 1.807) is 24.3 Å². The number of benzene rings is 1. The lowest BCUT2D eigenvalue weighted by molar-refractivity contribution is 0.603. The Hall–Kier alpha value is -2.00. The molecule has 1 aromatic carbocycles. The van der Waals surface area contributed by atoms with Crippen molar-refractivity contribution in [3.8, 4) is 5.69 Å². The molecule has 0 bridgehead atoms. The Labute approximate surface area is 91.3 Å². The first-order chi connectivity index (χ1) is 7.54. The Bertz CT molecular complexity index is 561. The van der Waals surface area contributed by atoms with Crippen molar-refractivity contribution in [1.82, 2.24) is 20.2 Å². The number of hydrogen-bond donors (Lipinski definition) is 2. The third-order valence-corrected chi connectivity index (χ3v) is 2.26. The molecule has 0 saturated heterocycles. The van der Waals surface area contributed by atoms with Gasteiger partial charge in [-0.3, -0.25) is 4.72 Å². The third-order valence-electron chi connectivity index (χ3n) is 1.74. The van der Waals surface area contributed by atoms with Gasteiger partial charge in [-0.1, -0.05) is 0 Å². The number of tetrazole rings is 1. The second kappa shape index (κ2) is 3.87. The Morgan fingerprint density at radius 3 is 2.44 bits per heavy atom. The number of anilines is 1. The molecule has 9 heteroatoms.